The largest absolute Gasteiger partial charge is 0.323 e. The molecule has 2 rings (SSSR count). The van der Waals surface area contributed by atoms with Gasteiger partial charge in [0.1, 0.15) is 5.82 Å². The second-order valence-electron chi connectivity index (χ2n) is 3.82. The van der Waals surface area contributed by atoms with E-state index in [1.165, 1.54) is 5.52 Å². The van der Waals surface area contributed by atoms with Crippen LogP contribution in [0.2, 0.25) is 0 Å². The van der Waals surface area contributed by atoms with Crippen LogP contribution >= 0.6 is 23.4 Å². The lowest BCUT2D eigenvalue weighted by Crippen LogP contribution is -2.10. The van der Waals surface area contributed by atoms with Crippen LogP contribution in [0.25, 0.3) is 11.0 Å². The molecule has 0 spiro atoms. The highest BCUT2D eigenvalue weighted by atomic mass is 35.5. The number of alkyl halides is 1. The van der Waals surface area contributed by atoms with Crippen molar-refractivity contribution in [3.05, 3.63) is 30.1 Å². The molecular weight excluding hydrogens is 240 g/mol. The number of para-hydroxylation sites is 2. The van der Waals surface area contributed by atoms with Crippen LogP contribution in [-0.4, -0.2) is 21.6 Å². The SMILES string of the molecule is CSCC(C)n1c(CCl)nc2ccccc21. The summed E-state index contributed by atoms with van der Waals surface area (Å²) in [5.41, 5.74) is 2.21. The average Bonchev–Trinajstić information content (AvgIpc) is 2.67. The summed E-state index contributed by atoms with van der Waals surface area (Å²) in [5.74, 6) is 2.50. The lowest BCUT2D eigenvalue weighted by atomic mass is 10.3. The van der Waals surface area contributed by atoms with Gasteiger partial charge in [0.25, 0.3) is 0 Å². The molecule has 1 aromatic carbocycles. The first kappa shape index (κ1) is 11.8. The Kier molecular flexibility index (Phi) is 3.77. The van der Waals surface area contributed by atoms with Crippen LogP contribution in [0.1, 0.15) is 18.8 Å². The third-order valence-corrected chi connectivity index (χ3v) is 3.69. The summed E-state index contributed by atoms with van der Waals surface area (Å²) in [5, 5.41) is 0. The molecule has 0 aliphatic heterocycles. The van der Waals surface area contributed by atoms with Gasteiger partial charge in [0.15, 0.2) is 0 Å². The Hall–Kier alpha value is -0.670. The van der Waals surface area contributed by atoms with E-state index in [9.17, 15) is 0 Å². The minimum Gasteiger partial charge on any atom is -0.323 e. The Morgan fingerprint density at radius 3 is 2.88 bits per heavy atom. The molecule has 0 fully saturated rings. The Morgan fingerprint density at radius 2 is 2.19 bits per heavy atom. The highest BCUT2D eigenvalue weighted by molar-refractivity contribution is 7.98. The van der Waals surface area contributed by atoms with Crippen molar-refractivity contribution in [2.24, 2.45) is 0 Å². The Balaban J connectivity index is 2.55. The van der Waals surface area contributed by atoms with Crippen LogP contribution in [0.15, 0.2) is 24.3 Å². The average molecular weight is 255 g/mol. The molecule has 1 aromatic heterocycles. The second kappa shape index (κ2) is 5.11. The fourth-order valence-corrected chi connectivity index (χ4v) is 2.82. The molecule has 2 nitrogen and oxygen atoms in total. The summed E-state index contributed by atoms with van der Waals surface area (Å²) in [4.78, 5) is 4.56. The molecule has 16 heavy (non-hydrogen) atoms. The van der Waals surface area contributed by atoms with Gasteiger partial charge >= 0.3 is 0 Å². The monoisotopic (exact) mass is 254 g/mol. The molecule has 0 bridgehead atoms. The zero-order valence-corrected chi connectivity index (χ0v) is 11.1. The Bertz CT molecular complexity index is 481. The molecule has 0 amide bonds. The highest BCUT2D eigenvalue weighted by Gasteiger charge is 2.14. The summed E-state index contributed by atoms with van der Waals surface area (Å²) in [7, 11) is 0. The van der Waals surface area contributed by atoms with E-state index >= 15 is 0 Å². The van der Waals surface area contributed by atoms with Crippen LogP contribution in [0.5, 0.6) is 0 Å². The third-order valence-electron chi connectivity index (χ3n) is 2.64. The van der Waals surface area contributed by atoms with Gasteiger partial charge in [-0.15, -0.1) is 11.6 Å². The summed E-state index contributed by atoms with van der Waals surface area (Å²) in [6.07, 6.45) is 2.12. The van der Waals surface area contributed by atoms with Crippen molar-refractivity contribution in [2.45, 2.75) is 18.8 Å². The quantitative estimate of drug-likeness (QED) is 0.775. The summed E-state index contributed by atoms with van der Waals surface area (Å²) in [6, 6.07) is 8.63. The molecule has 1 unspecified atom stereocenters. The Labute approximate surface area is 105 Å². The van der Waals surface area contributed by atoms with E-state index in [0.29, 0.717) is 11.9 Å². The number of fused-ring (bicyclic) bond motifs is 1. The van der Waals surface area contributed by atoms with E-state index in [2.05, 4.69) is 28.8 Å². The first-order valence-corrected chi connectivity index (χ1v) is 7.21. The van der Waals surface area contributed by atoms with Gasteiger partial charge in [0.05, 0.1) is 16.9 Å². The molecule has 4 heteroatoms. The summed E-state index contributed by atoms with van der Waals surface area (Å²) in [6.45, 7) is 2.21. The maximum Gasteiger partial charge on any atom is 0.125 e. The lowest BCUT2D eigenvalue weighted by Gasteiger charge is -2.15. The standard InChI is InChI=1S/C12H15ClN2S/c1-9(8-16-2)15-11-6-4-3-5-10(11)14-12(15)7-13/h3-6,9H,7-8H2,1-2H3. The van der Waals surface area contributed by atoms with Crippen molar-refractivity contribution in [1.29, 1.82) is 0 Å². The zero-order valence-electron chi connectivity index (χ0n) is 9.48. The molecular formula is C12H15ClN2S. The molecule has 0 saturated heterocycles. The third kappa shape index (κ3) is 2.06. The zero-order chi connectivity index (χ0) is 11.5. The Morgan fingerprint density at radius 1 is 1.44 bits per heavy atom. The van der Waals surface area contributed by atoms with Crippen molar-refractivity contribution in [3.8, 4) is 0 Å². The normalized spacial score (nSPS) is 13.2. The number of benzene rings is 1. The minimum atomic E-state index is 0.427. The van der Waals surface area contributed by atoms with Crippen LogP contribution in [0, 0.1) is 0 Å². The number of halogens is 1. The van der Waals surface area contributed by atoms with E-state index in [1.54, 1.807) is 0 Å². The van der Waals surface area contributed by atoms with Gasteiger partial charge in [-0.25, -0.2) is 4.98 Å². The minimum absolute atomic E-state index is 0.427. The highest BCUT2D eigenvalue weighted by Crippen LogP contribution is 2.23. The number of hydrogen-bond donors (Lipinski definition) is 0. The van der Waals surface area contributed by atoms with Gasteiger partial charge in [-0.2, -0.15) is 11.8 Å². The number of hydrogen-bond acceptors (Lipinski definition) is 2. The van der Waals surface area contributed by atoms with Crippen molar-refractivity contribution >= 4 is 34.4 Å². The number of nitrogens with zero attached hydrogens (tertiary/aromatic N) is 2. The molecule has 86 valence electrons. The van der Waals surface area contributed by atoms with E-state index in [-0.39, 0.29) is 0 Å². The number of thioether (sulfide) groups is 1. The van der Waals surface area contributed by atoms with Crippen molar-refractivity contribution in [2.75, 3.05) is 12.0 Å². The van der Waals surface area contributed by atoms with Crippen LogP contribution < -0.4 is 0 Å². The molecule has 1 heterocycles. The van der Waals surface area contributed by atoms with Gasteiger partial charge < -0.3 is 4.57 Å². The fourth-order valence-electron chi connectivity index (χ4n) is 2.00. The second-order valence-corrected chi connectivity index (χ2v) is 5.00. The van der Waals surface area contributed by atoms with E-state index in [4.69, 9.17) is 11.6 Å². The smallest absolute Gasteiger partial charge is 0.125 e. The van der Waals surface area contributed by atoms with Gasteiger partial charge in [-0.1, -0.05) is 12.1 Å². The maximum atomic E-state index is 5.96. The van der Waals surface area contributed by atoms with Crippen molar-refractivity contribution in [1.82, 2.24) is 9.55 Å². The molecule has 0 aliphatic rings. The van der Waals surface area contributed by atoms with E-state index in [0.717, 1.165) is 17.1 Å². The topological polar surface area (TPSA) is 17.8 Å². The van der Waals surface area contributed by atoms with Crippen LogP contribution in [-0.2, 0) is 5.88 Å². The lowest BCUT2D eigenvalue weighted by molar-refractivity contribution is 0.606. The molecule has 0 radical (unpaired) electrons. The molecule has 1 atom stereocenters. The summed E-state index contributed by atoms with van der Waals surface area (Å²) >= 11 is 7.80. The first-order chi connectivity index (χ1) is 7.77. The van der Waals surface area contributed by atoms with Crippen LogP contribution in [0.4, 0.5) is 0 Å². The van der Waals surface area contributed by atoms with Crippen molar-refractivity contribution in [3.63, 3.8) is 0 Å². The first-order valence-electron chi connectivity index (χ1n) is 5.28. The van der Waals surface area contributed by atoms with E-state index in [1.807, 2.05) is 30.0 Å². The van der Waals surface area contributed by atoms with Gasteiger partial charge in [-0.3, -0.25) is 0 Å². The van der Waals surface area contributed by atoms with Gasteiger partial charge in [0, 0.05) is 11.8 Å². The summed E-state index contributed by atoms with van der Waals surface area (Å²) < 4.78 is 2.25. The fraction of sp³-hybridized carbons (Fsp3) is 0.417. The van der Waals surface area contributed by atoms with E-state index < -0.39 is 0 Å². The van der Waals surface area contributed by atoms with Crippen molar-refractivity contribution < 1.29 is 0 Å². The van der Waals surface area contributed by atoms with Crippen LogP contribution in [0.3, 0.4) is 0 Å². The number of aromatic nitrogens is 2. The van der Waals surface area contributed by atoms with Gasteiger partial charge in [-0.05, 0) is 25.3 Å². The molecule has 0 aliphatic carbocycles. The number of imidazole rings is 1. The predicted octanol–water partition coefficient (Wildman–Crippen LogP) is 3.70. The van der Waals surface area contributed by atoms with Gasteiger partial charge in [0.2, 0.25) is 0 Å². The predicted molar refractivity (Wildman–Crippen MR) is 72.4 cm³/mol. The number of rotatable bonds is 4. The molecule has 0 N–H and O–H groups in total. The molecule has 2 aromatic rings. The molecule has 0 saturated carbocycles. The maximum absolute atomic E-state index is 5.96.